The predicted molar refractivity (Wildman–Crippen MR) is 173 cm³/mol. The molecule has 0 saturated carbocycles. The number of benzene rings is 4. The Labute approximate surface area is 264 Å². The molecule has 8 heteroatoms. The summed E-state index contributed by atoms with van der Waals surface area (Å²) in [5.74, 6) is 2.40. The predicted octanol–water partition coefficient (Wildman–Crippen LogP) is 6.26. The molecular weight excluding hydrogens is 568 g/mol. The van der Waals surface area contributed by atoms with Gasteiger partial charge in [0.25, 0.3) is 0 Å². The van der Waals surface area contributed by atoms with Crippen LogP contribution in [-0.4, -0.2) is 67.7 Å². The van der Waals surface area contributed by atoms with Crippen LogP contribution >= 0.6 is 0 Å². The van der Waals surface area contributed by atoms with Gasteiger partial charge in [0.1, 0.15) is 11.5 Å². The van der Waals surface area contributed by atoms with Crippen molar-refractivity contribution >= 4 is 6.29 Å². The number of likely N-dealkylation sites (N-methyl/N-ethyl adjacent to an activating group) is 2. The highest BCUT2D eigenvalue weighted by Gasteiger charge is 2.29. The van der Waals surface area contributed by atoms with E-state index in [1.807, 2.05) is 36.4 Å². The Morgan fingerprint density at radius 2 is 1.27 bits per heavy atom. The second-order valence-electron chi connectivity index (χ2n) is 12.1. The average Bonchev–Trinajstić information content (AvgIpc) is 3.05. The zero-order valence-electron chi connectivity index (χ0n) is 26.2. The summed E-state index contributed by atoms with van der Waals surface area (Å²) in [4.78, 5) is 16.9. The van der Waals surface area contributed by atoms with Crippen molar-refractivity contribution in [1.29, 1.82) is 0 Å². The van der Waals surface area contributed by atoms with Crippen molar-refractivity contribution in [3.05, 3.63) is 106 Å². The molecule has 8 nitrogen and oxygen atoms in total. The third-order valence-electron chi connectivity index (χ3n) is 9.33. The normalized spacial score (nSPS) is 18.1. The molecule has 2 aliphatic rings. The van der Waals surface area contributed by atoms with Gasteiger partial charge in [0.05, 0.1) is 19.8 Å². The molecule has 4 aromatic rings. The van der Waals surface area contributed by atoms with E-state index in [2.05, 4.69) is 36.0 Å². The summed E-state index contributed by atoms with van der Waals surface area (Å²) in [5, 5.41) is 20.6. The number of aromatic hydroxyl groups is 2. The smallest absolute Gasteiger partial charge is 0.169 e. The van der Waals surface area contributed by atoms with Crippen LogP contribution in [0, 0.1) is 0 Å². The summed E-state index contributed by atoms with van der Waals surface area (Å²) in [6.07, 6.45) is 4.01. The van der Waals surface area contributed by atoms with Crippen LogP contribution in [0.5, 0.6) is 34.5 Å². The number of aldehydes is 1. The molecule has 2 N–H and O–H groups in total. The molecule has 0 fully saturated rings. The molecule has 0 radical (unpaired) electrons. The molecule has 0 aromatic heterocycles. The molecule has 0 saturated heterocycles. The fourth-order valence-corrected chi connectivity index (χ4v) is 6.71. The summed E-state index contributed by atoms with van der Waals surface area (Å²) < 4.78 is 17.5. The van der Waals surface area contributed by atoms with Crippen molar-refractivity contribution < 1.29 is 29.2 Å². The molecule has 2 atom stereocenters. The number of phenolic OH excluding ortho intramolecular Hbond substituents is 2. The van der Waals surface area contributed by atoms with Gasteiger partial charge in [-0.3, -0.25) is 14.6 Å². The number of methoxy groups -OCH3 is 2. The van der Waals surface area contributed by atoms with Gasteiger partial charge >= 0.3 is 0 Å². The highest BCUT2D eigenvalue weighted by Crippen LogP contribution is 2.42. The Morgan fingerprint density at radius 1 is 0.711 bits per heavy atom. The second kappa shape index (κ2) is 12.8. The van der Waals surface area contributed by atoms with Crippen molar-refractivity contribution in [2.24, 2.45) is 0 Å². The molecule has 2 aliphatic heterocycles. The number of nitrogens with zero attached hydrogens (tertiary/aromatic N) is 2. The maximum Gasteiger partial charge on any atom is 0.169 e. The first kappa shape index (κ1) is 30.5. The first-order valence-corrected chi connectivity index (χ1v) is 15.3. The van der Waals surface area contributed by atoms with Crippen LogP contribution in [0.1, 0.15) is 55.8 Å². The van der Waals surface area contributed by atoms with E-state index in [9.17, 15) is 15.0 Å². The van der Waals surface area contributed by atoms with Gasteiger partial charge in [-0.15, -0.1) is 0 Å². The Hall–Kier alpha value is -4.53. The fraction of sp³-hybridized carbons (Fsp3) is 0.324. The van der Waals surface area contributed by atoms with Gasteiger partial charge in [0, 0.05) is 25.2 Å². The maximum atomic E-state index is 12.2. The highest BCUT2D eigenvalue weighted by atomic mass is 16.5. The van der Waals surface area contributed by atoms with Crippen molar-refractivity contribution in [3.63, 3.8) is 0 Å². The number of hydrogen-bond donors (Lipinski definition) is 2. The maximum absolute atomic E-state index is 12.2. The van der Waals surface area contributed by atoms with Gasteiger partial charge < -0.3 is 24.4 Å². The quantitative estimate of drug-likeness (QED) is 0.215. The van der Waals surface area contributed by atoms with Crippen molar-refractivity contribution in [3.8, 4) is 34.5 Å². The van der Waals surface area contributed by atoms with Crippen LogP contribution in [0.25, 0.3) is 0 Å². The zero-order chi connectivity index (χ0) is 31.7. The lowest BCUT2D eigenvalue weighted by Crippen LogP contribution is -2.33. The van der Waals surface area contributed by atoms with Gasteiger partial charge in [-0.05, 0) is 122 Å². The Balaban J connectivity index is 1.30. The van der Waals surface area contributed by atoms with Crippen LogP contribution < -0.4 is 14.2 Å². The SMILES string of the molecule is COc1cc2c(cc1OC)[C@H](Cc1ccc(O)c(Oc3cc4c(cc3C=O)CCN(C)[C@H]4Cc3ccc(O)cc3)c1)N(C)CC2. The summed E-state index contributed by atoms with van der Waals surface area (Å²) in [6.45, 7) is 1.78. The lowest BCUT2D eigenvalue weighted by atomic mass is 9.87. The molecule has 45 heavy (non-hydrogen) atoms. The molecule has 4 aromatic carbocycles. The van der Waals surface area contributed by atoms with E-state index in [1.165, 1.54) is 11.1 Å². The number of phenols is 2. The van der Waals surface area contributed by atoms with Crippen LogP contribution in [0.15, 0.2) is 66.7 Å². The minimum atomic E-state index is 0.00915. The minimum Gasteiger partial charge on any atom is -0.508 e. The lowest BCUT2D eigenvalue weighted by molar-refractivity contribution is 0.112. The van der Waals surface area contributed by atoms with E-state index in [-0.39, 0.29) is 23.6 Å². The molecule has 0 spiro atoms. The van der Waals surface area contributed by atoms with Crippen molar-refractivity contribution in [2.45, 2.75) is 37.8 Å². The number of rotatable bonds is 9. The van der Waals surface area contributed by atoms with E-state index in [1.54, 1.807) is 32.4 Å². The average molecular weight is 609 g/mol. The number of carbonyl (C=O) groups is 1. The van der Waals surface area contributed by atoms with Crippen LogP contribution in [0.2, 0.25) is 0 Å². The van der Waals surface area contributed by atoms with Crippen LogP contribution in [0.4, 0.5) is 0 Å². The van der Waals surface area contributed by atoms with Crippen LogP contribution in [-0.2, 0) is 25.7 Å². The van der Waals surface area contributed by atoms with E-state index >= 15 is 0 Å². The summed E-state index contributed by atoms with van der Waals surface area (Å²) >= 11 is 0. The zero-order valence-corrected chi connectivity index (χ0v) is 26.2. The monoisotopic (exact) mass is 608 g/mol. The third-order valence-corrected chi connectivity index (χ3v) is 9.33. The minimum absolute atomic E-state index is 0.00915. The largest absolute Gasteiger partial charge is 0.508 e. The molecule has 2 heterocycles. The Kier molecular flexibility index (Phi) is 8.70. The van der Waals surface area contributed by atoms with Gasteiger partial charge in [-0.25, -0.2) is 0 Å². The molecule has 6 rings (SSSR count). The Bertz CT molecular complexity index is 1700. The van der Waals surface area contributed by atoms with Gasteiger partial charge in [-0.2, -0.15) is 0 Å². The fourth-order valence-electron chi connectivity index (χ4n) is 6.71. The molecule has 0 amide bonds. The third kappa shape index (κ3) is 6.21. The van der Waals surface area contributed by atoms with Crippen molar-refractivity contribution in [1.82, 2.24) is 9.80 Å². The summed E-state index contributed by atoms with van der Waals surface area (Å²) in [6, 6.07) is 20.9. The number of ether oxygens (including phenoxy) is 3. The highest BCUT2D eigenvalue weighted by molar-refractivity contribution is 5.80. The van der Waals surface area contributed by atoms with E-state index < -0.39 is 0 Å². The van der Waals surface area contributed by atoms with E-state index in [0.717, 1.165) is 66.6 Å². The molecular formula is C37H40N2O6. The number of fused-ring (bicyclic) bond motifs is 2. The van der Waals surface area contributed by atoms with E-state index in [0.29, 0.717) is 29.2 Å². The van der Waals surface area contributed by atoms with Crippen LogP contribution in [0.3, 0.4) is 0 Å². The van der Waals surface area contributed by atoms with Gasteiger partial charge in [0.2, 0.25) is 0 Å². The Morgan fingerprint density at radius 3 is 1.89 bits per heavy atom. The summed E-state index contributed by atoms with van der Waals surface area (Å²) in [5.41, 5.74) is 7.20. The molecule has 0 unspecified atom stereocenters. The second-order valence-corrected chi connectivity index (χ2v) is 12.1. The molecule has 0 aliphatic carbocycles. The first-order valence-electron chi connectivity index (χ1n) is 15.3. The van der Waals surface area contributed by atoms with Gasteiger partial charge in [0.15, 0.2) is 29.3 Å². The topological polar surface area (TPSA) is 91.7 Å². The number of hydrogen-bond acceptors (Lipinski definition) is 8. The molecule has 234 valence electrons. The standard InChI is InChI=1S/C37H40N2O6/c1-38-13-11-25-18-27(22-40)34(20-29(25)31(38)15-23-5-8-28(41)9-6-23)45-35-17-24(7-10-33(35)42)16-32-30-21-37(44-4)36(43-3)19-26(30)12-14-39(32)2/h5-10,17-22,31-32,41-42H,11-16H2,1-4H3/t31-,32-/m0/s1. The van der Waals surface area contributed by atoms with Gasteiger partial charge in [-0.1, -0.05) is 18.2 Å². The van der Waals surface area contributed by atoms with Crippen molar-refractivity contribution in [2.75, 3.05) is 41.4 Å². The summed E-state index contributed by atoms with van der Waals surface area (Å²) in [7, 11) is 7.53. The first-order chi connectivity index (χ1) is 21.8. The number of carbonyl (C=O) groups excluding carboxylic acids is 1. The lowest BCUT2D eigenvalue weighted by Gasteiger charge is -2.35. The van der Waals surface area contributed by atoms with E-state index in [4.69, 9.17) is 14.2 Å². The molecule has 0 bridgehead atoms.